The molecule has 3 aromatic rings. The van der Waals surface area contributed by atoms with E-state index in [9.17, 15) is 31.9 Å². The van der Waals surface area contributed by atoms with Gasteiger partial charge in [-0.3, -0.25) is 9.36 Å². The van der Waals surface area contributed by atoms with Crippen LogP contribution in [0.25, 0.3) is 16.6 Å². The van der Waals surface area contributed by atoms with E-state index in [4.69, 9.17) is 0 Å². The molecule has 0 fully saturated rings. The van der Waals surface area contributed by atoms with E-state index in [1.165, 1.54) is 24.3 Å². The number of para-hydroxylation sites is 1. The van der Waals surface area contributed by atoms with E-state index >= 15 is 0 Å². The standard InChI is InChI=1S/C19H11F4NO5/c1-28-18(26)10-16(19(27)29-2)24(8-6-4-3-5-7-8)15-9(17(10)25)11(20)12(21)13(22)14(15)23/h3-7H,1-2H3. The molecule has 0 aliphatic rings. The molecule has 1 aromatic heterocycles. The van der Waals surface area contributed by atoms with Crippen LogP contribution in [0.1, 0.15) is 20.8 Å². The van der Waals surface area contributed by atoms with Crippen LogP contribution in [0.2, 0.25) is 0 Å². The summed E-state index contributed by atoms with van der Waals surface area (Å²) in [6.07, 6.45) is 0. The monoisotopic (exact) mass is 409 g/mol. The number of hydrogen-bond acceptors (Lipinski definition) is 5. The molecule has 0 aliphatic heterocycles. The summed E-state index contributed by atoms with van der Waals surface area (Å²) in [5.41, 5.74) is -4.57. The van der Waals surface area contributed by atoms with Gasteiger partial charge in [-0.15, -0.1) is 0 Å². The van der Waals surface area contributed by atoms with Gasteiger partial charge in [0, 0.05) is 5.69 Å². The number of pyridine rings is 1. The van der Waals surface area contributed by atoms with E-state index in [1.54, 1.807) is 6.07 Å². The third-order valence-electron chi connectivity index (χ3n) is 4.16. The van der Waals surface area contributed by atoms with Gasteiger partial charge in [0.05, 0.1) is 25.1 Å². The van der Waals surface area contributed by atoms with Crippen LogP contribution in [0, 0.1) is 23.3 Å². The zero-order chi connectivity index (χ0) is 21.5. The number of fused-ring (bicyclic) bond motifs is 1. The van der Waals surface area contributed by atoms with Crippen molar-refractivity contribution in [1.82, 2.24) is 4.57 Å². The molecule has 1 heterocycles. The van der Waals surface area contributed by atoms with E-state index in [0.29, 0.717) is 4.57 Å². The van der Waals surface area contributed by atoms with Gasteiger partial charge in [0.1, 0.15) is 5.56 Å². The summed E-state index contributed by atoms with van der Waals surface area (Å²) in [6.45, 7) is 0. The summed E-state index contributed by atoms with van der Waals surface area (Å²) < 4.78 is 66.7. The number of nitrogens with zero attached hydrogens (tertiary/aromatic N) is 1. The van der Waals surface area contributed by atoms with Crippen LogP contribution in [0.5, 0.6) is 0 Å². The average Bonchev–Trinajstić information content (AvgIpc) is 2.74. The van der Waals surface area contributed by atoms with Crippen LogP contribution in [0.3, 0.4) is 0 Å². The second-order valence-corrected chi connectivity index (χ2v) is 5.69. The molecular weight excluding hydrogens is 398 g/mol. The maximum Gasteiger partial charge on any atom is 0.356 e. The van der Waals surface area contributed by atoms with E-state index < -0.39 is 62.8 Å². The molecule has 6 nitrogen and oxygen atoms in total. The predicted octanol–water partition coefficient (Wildman–Crippen LogP) is 3.12. The maximum absolute atomic E-state index is 14.7. The Bertz CT molecular complexity index is 1220. The van der Waals surface area contributed by atoms with E-state index in [2.05, 4.69) is 9.47 Å². The maximum atomic E-state index is 14.7. The lowest BCUT2D eigenvalue weighted by Gasteiger charge is -2.19. The minimum Gasteiger partial charge on any atom is -0.465 e. The normalized spacial score (nSPS) is 10.8. The number of carbonyl (C=O) groups is 2. The van der Waals surface area contributed by atoms with Crippen LogP contribution in [-0.2, 0) is 9.47 Å². The first kappa shape index (κ1) is 20.1. The second kappa shape index (κ2) is 7.38. The van der Waals surface area contributed by atoms with Gasteiger partial charge >= 0.3 is 11.9 Å². The summed E-state index contributed by atoms with van der Waals surface area (Å²) in [7, 11) is 1.79. The molecule has 0 unspecified atom stereocenters. The molecule has 0 N–H and O–H groups in total. The van der Waals surface area contributed by atoms with Crippen molar-refractivity contribution in [3.8, 4) is 5.69 Å². The highest BCUT2D eigenvalue weighted by Crippen LogP contribution is 2.30. The summed E-state index contributed by atoms with van der Waals surface area (Å²) in [5.74, 6) is -11.1. The van der Waals surface area contributed by atoms with Crippen molar-refractivity contribution in [2.75, 3.05) is 14.2 Å². The van der Waals surface area contributed by atoms with Crippen molar-refractivity contribution in [1.29, 1.82) is 0 Å². The minimum atomic E-state index is -2.24. The number of carbonyl (C=O) groups excluding carboxylic acids is 2. The highest BCUT2D eigenvalue weighted by atomic mass is 19.2. The lowest BCUT2D eigenvalue weighted by Crippen LogP contribution is -2.29. The fraction of sp³-hybridized carbons (Fsp3) is 0.105. The number of halogens is 4. The molecule has 0 saturated heterocycles. The first-order valence-corrected chi connectivity index (χ1v) is 7.92. The molecule has 0 radical (unpaired) electrons. The Morgan fingerprint density at radius 1 is 0.828 bits per heavy atom. The predicted molar refractivity (Wildman–Crippen MR) is 92.1 cm³/mol. The molecular formula is C19H11F4NO5. The van der Waals surface area contributed by atoms with Crippen LogP contribution in [0.15, 0.2) is 35.1 Å². The Balaban J connectivity index is 2.77. The van der Waals surface area contributed by atoms with Crippen LogP contribution >= 0.6 is 0 Å². The molecule has 0 amide bonds. The largest absolute Gasteiger partial charge is 0.465 e. The third kappa shape index (κ3) is 2.93. The van der Waals surface area contributed by atoms with Gasteiger partial charge in [0.25, 0.3) is 0 Å². The number of aromatic nitrogens is 1. The molecule has 0 aliphatic carbocycles. The Morgan fingerprint density at radius 3 is 1.93 bits per heavy atom. The minimum absolute atomic E-state index is 0.0626. The van der Waals surface area contributed by atoms with Crippen molar-refractivity contribution in [2.24, 2.45) is 0 Å². The SMILES string of the molecule is COC(=O)c1c(C(=O)OC)n(-c2ccccc2)c2c(F)c(F)c(F)c(F)c2c1=O. The second-order valence-electron chi connectivity index (χ2n) is 5.69. The number of benzene rings is 2. The zero-order valence-corrected chi connectivity index (χ0v) is 14.9. The highest BCUT2D eigenvalue weighted by Gasteiger charge is 2.34. The van der Waals surface area contributed by atoms with Crippen molar-refractivity contribution >= 4 is 22.8 Å². The van der Waals surface area contributed by atoms with Crippen molar-refractivity contribution in [2.45, 2.75) is 0 Å². The summed E-state index contributed by atoms with van der Waals surface area (Å²) in [5, 5.41) is -1.27. The van der Waals surface area contributed by atoms with E-state index in [0.717, 1.165) is 14.2 Å². The molecule has 0 atom stereocenters. The first-order chi connectivity index (χ1) is 13.8. The topological polar surface area (TPSA) is 74.6 Å². The van der Waals surface area contributed by atoms with Crippen LogP contribution in [0.4, 0.5) is 17.6 Å². The summed E-state index contributed by atoms with van der Waals surface area (Å²) in [4.78, 5) is 37.4. The number of ether oxygens (including phenoxy) is 2. The molecule has 10 heteroatoms. The summed E-state index contributed by atoms with van der Waals surface area (Å²) >= 11 is 0. The van der Waals surface area contributed by atoms with Gasteiger partial charge in [-0.05, 0) is 12.1 Å². The van der Waals surface area contributed by atoms with Crippen molar-refractivity contribution in [3.63, 3.8) is 0 Å². The number of hydrogen-bond donors (Lipinski definition) is 0. The highest BCUT2D eigenvalue weighted by molar-refractivity contribution is 6.06. The lowest BCUT2D eigenvalue weighted by atomic mass is 10.0. The zero-order valence-electron chi connectivity index (χ0n) is 14.9. The molecule has 2 aromatic carbocycles. The Labute approximate surface area is 159 Å². The molecule has 29 heavy (non-hydrogen) atoms. The number of rotatable bonds is 3. The number of methoxy groups -OCH3 is 2. The molecule has 150 valence electrons. The fourth-order valence-electron chi connectivity index (χ4n) is 2.91. The Morgan fingerprint density at radius 2 is 1.38 bits per heavy atom. The average molecular weight is 409 g/mol. The van der Waals surface area contributed by atoms with Crippen LogP contribution in [-0.4, -0.2) is 30.7 Å². The molecule has 0 bridgehead atoms. The van der Waals surface area contributed by atoms with Gasteiger partial charge in [-0.2, -0.15) is 0 Å². The quantitative estimate of drug-likeness (QED) is 0.288. The van der Waals surface area contributed by atoms with E-state index in [1.807, 2.05) is 0 Å². The molecule has 3 rings (SSSR count). The number of esters is 2. The lowest BCUT2D eigenvalue weighted by molar-refractivity contribution is 0.0546. The third-order valence-corrected chi connectivity index (χ3v) is 4.16. The first-order valence-electron chi connectivity index (χ1n) is 7.92. The van der Waals surface area contributed by atoms with E-state index in [-0.39, 0.29) is 5.69 Å². The van der Waals surface area contributed by atoms with Crippen molar-refractivity contribution < 1.29 is 36.6 Å². The smallest absolute Gasteiger partial charge is 0.356 e. The van der Waals surface area contributed by atoms with Crippen LogP contribution < -0.4 is 5.43 Å². The van der Waals surface area contributed by atoms with Gasteiger partial charge in [-0.25, -0.2) is 27.2 Å². The Hall–Kier alpha value is -3.69. The van der Waals surface area contributed by atoms with Crippen molar-refractivity contribution in [3.05, 3.63) is 75.1 Å². The Kier molecular flexibility index (Phi) is 5.10. The van der Waals surface area contributed by atoms with Gasteiger partial charge in [0.15, 0.2) is 29.0 Å². The fourth-order valence-corrected chi connectivity index (χ4v) is 2.91. The van der Waals surface area contributed by atoms with Gasteiger partial charge in [-0.1, -0.05) is 18.2 Å². The molecule has 0 spiro atoms. The van der Waals surface area contributed by atoms with Gasteiger partial charge < -0.3 is 9.47 Å². The summed E-state index contributed by atoms with van der Waals surface area (Å²) in [6, 6.07) is 7.02. The van der Waals surface area contributed by atoms with Gasteiger partial charge in [0.2, 0.25) is 5.43 Å². The molecule has 0 saturated carbocycles.